The molecule has 6 nitrogen and oxygen atoms in total. The van der Waals surface area contributed by atoms with Gasteiger partial charge in [-0.05, 0) is 44.0 Å². The molecule has 1 fully saturated rings. The second-order valence-corrected chi connectivity index (χ2v) is 5.48. The van der Waals surface area contributed by atoms with Crippen molar-refractivity contribution >= 4 is 30.0 Å². The highest BCUT2D eigenvalue weighted by atomic mass is 35.5. The number of carbonyl (C=O) groups is 2. The molecule has 22 heavy (non-hydrogen) atoms. The van der Waals surface area contributed by atoms with E-state index in [1.807, 2.05) is 12.1 Å². The molecule has 0 bridgehead atoms. The normalized spacial score (nSPS) is 20.6. The van der Waals surface area contributed by atoms with E-state index in [1.54, 1.807) is 12.1 Å². The lowest BCUT2D eigenvalue weighted by molar-refractivity contribution is -0.126. The molecule has 5 N–H and O–H groups in total. The third-order valence-corrected chi connectivity index (χ3v) is 3.68. The third-order valence-electron chi connectivity index (χ3n) is 3.68. The third kappa shape index (κ3) is 5.54. The van der Waals surface area contributed by atoms with E-state index in [0.717, 1.165) is 24.9 Å². The number of primary amides is 1. The minimum absolute atomic E-state index is 0. The summed E-state index contributed by atoms with van der Waals surface area (Å²) in [6, 6.07) is 7.05. The molecule has 2 atom stereocenters. The fraction of sp³-hybridized carbons (Fsp3) is 0.467. The zero-order valence-corrected chi connectivity index (χ0v) is 13.4. The quantitative estimate of drug-likeness (QED) is 0.676. The lowest BCUT2D eigenvalue weighted by Crippen LogP contribution is -2.42. The van der Waals surface area contributed by atoms with Crippen molar-refractivity contribution < 1.29 is 9.59 Å². The van der Waals surface area contributed by atoms with Gasteiger partial charge >= 0.3 is 6.03 Å². The maximum absolute atomic E-state index is 12.1. The van der Waals surface area contributed by atoms with Gasteiger partial charge in [-0.2, -0.15) is 0 Å². The number of piperidine rings is 1. The highest BCUT2D eigenvalue weighted by Gasteiger charge is 2.24. The van der Waals surface area contributed by atoms with E-state index in [4.69, 9.17) is 5.73 Å². The molecule has 1 saturated heterocycles. The number of halogens is 1. The summed E-state index contributed by atoms with van der Waals surface area (Å²) in [7, 11) is 0. The fourth-order valence-corrected chi connectivity index (χ4v) is 2.55. The Labute approximate surface area is 136 Å². The predicted octanol–water partition coefficient (Wildman–Crippen LogP) is 1.60. The average Bonchev–Trinajstić information content (AvgIpc) is 2.45. The zero-order chi connectivity index (χ0) is 15.2. The van der Waals surface area contributed by atoms with E-state index < -0.39 is 6.03 Å². The van der Waals surface area contributed by atoms with Crippen LogP contribution in [0.1, 0.15) is 25.3 Å². The number of nitrogens with two attached hydrogens (primary N) is 1. The summed E-state index contributed by atoms with van der Waals surface area (Å²) >= 11 is 0. The Balaban J connectivity index is 0.00000242. The fourth-order valence-electron chi connectivity index (χ4n) is 2.55. The van der Waals surface area contributed by atoms with E-state index in [9.17, 15) is 9.59 Å². The molecule has 1 aromatic rings. The van der Waals surface area contributed by atoms with Crippen LogP contribution in [0, 0.1) is 5.92 Å². The molecule has 1 aliphatic heterocycles. The topological polar surface area (TPSA) is 96.2 Å². The Morgan fingerprint density at radius 3 is 2.59 bits per heavy atom. The van der Waals surface area contributed by atoms with Crippen molar-refractivity contribution in [2.75, 3.05) is 11.9 Å². The second kappa shape index (κ2) is 8.60. The molecule has 3 amide bonds. The van der Waals surface area contributed by atoms with E-state index in [1.165, 1.54) is 0 Å². The van der Waals surface area contributed by atoms with Gasteiger partial charge in [0.1, 0.15) is 0 Å². The van der Waals surface area contributed by atoms with Gasteiger partial charge in [-0.1, -0.05) is 12.1 Å². The van der Waals surface area contributed by atoms with Crippen LogP contribution < -0.4 is 21.7 Å². The highest BCUT2D eigenvalue weighted by Crippen LogP contribution is 2.16. The van der Waals surface area contributed by atoms with Crippen LogP contribution in [0.3, 0.4) is 0 Å². The number of urea groups is 1. The number of amides is 3. The number of hydrogen-bond donors (Lipinski definition) is 4. The molecule has 2 rings (SSSR count). The Bertz CT molecular complexity index is 507. The van der Waals surface area contributed by atoms with Crippen molar-refractivity contribution in [3.63, 3.8) is 0 Å². The van der Waals surface area contributed by atoms with Gasteiger partial charge in [0, 0.05) is 24.2 Å². The van der Waals surface area contributed by atoms with Gasteiger partial charge in [-0.25, -0.2) is 4.79 Å². The summed E-state index contributed by atoms with van der Waals surface area (Å²) in [6.45, 7) is 3.49. The molecule has 0 unspecified atom stereocenters. The first-order chi connectivity index (χ1) is 10.0. The molecule has 1 heterocycles. The van der Waals surface area contributed by atoms with Crippen molar-refractivity contribution in [2.24, 2.45) is 11.7 Å². The van der Waals surface area contributed by atoms with Crippen molar-refractivity contribution in [2.45, 2.75) is 32.4 Å². The van der Waals surface area contributed by atoms with E-state index in [2.05, 4.69) is 22.9 Å². The molecule has 0 saturated carbocycles. The first kappa shape index (κ1) is 18.3. The molecule has 7 heteroatoms. The maximum atomic E-state index is 12.1. The van der Waals surface area contributed by atoms with Crippen LogP contribution in [0.5, 0.6) is 0 Å². The van der Waals surface area contributed by atoms with Crippen LogP contribution in [0.25, 0.3) is 0 Å². The lowest BCUT2D eigenvalue weighted by Gasteiger charge is -2.27. The minimum Gasteiger partial charge on any atom is -0.352 e. The summed E-state index contributed by atoms with van der Waals surface area (Å²) in [5.74, 6) is 0.208. The molecular formula is C15H23ClN4O2. The molecule has 0 aromatic heterocycles. The van der Waals surface area contributed by atoms with Crippen molar-refractivity contribution in [1.82, 2.24) is 10.6 Å². The lowest BCUT2D eigenvalue weighted by atomic mass is 9.92. The molecule has 0 aliphatic carbocycles. The number of rotatable bonds is 4. The molecule has 0 radical (unpaired) electrons. The first-order valence-electron chi connectivity index (χ1n) is 7.21. The summed E-state index contributed by atoms with van der Waals surface area (Å²) in [4.78, 5) is 22.8. The van der Waals surface area contributed by atoms with Crippen LogP contribution in [-0.2, 0) is 11.3 Å². The largest absolute Gasteiger partial charge is 0.352 e. The molecule has 122 valence electrons. The number of benzene rings is 1. The number of anilines is 1. The van der Waals surface area contributed by atoms with Gasteiger partial charge in [0.2, 0.25) is 5.91 Å². The highest BCUT2D eigenvalue weighted by molar-refractivity contribution is 5.87. The van der Waals surface area contributed by atoms with Crippen molar-refractivity contribution in [3.05, 3.63) is 29.8 Å². The average molecular weight is 327 g/mol. The SMILES string of the molecule is C[C@H]1C[C@@H](C(=O)NCc2ccc(NC(N)=O)cc2)CCN1.Cl. The number of carbonyl (C=O) groups excluding carboxylic acids is 2. The van der Waals surface area contributed by atoms with Gasteiger partial charge in [-0.3, -0.25) is 4.79 Å². The minimum atomic E-state index is -0.587. The monoisotopic (exact) mass is 326 g/mol. The van der Waals surface area contributed by atoms with Gasteiger partial charge in [0.05, 0.1) is 0 Å². The van der Waals surface area contributed by atoms with Crippen molar-refractivity contribution in [1.29, 1.82) is 0 Å². The Kier molecular flexibility index (Phi) is 7.14. The summed E-state index contributed by atoms with van der Waals surface area (Å²) in [5.41, 5.74) is 6.67. The molecule has 1 aliphatic rings. The smallest absolute Gasteiger partial charge is 0.316 e. The predicted molar refractivity (Wildman–Crippen MR) is 88.9 cm³/mol. The molecular weight excluding hydrogens is 304 g/mol. The number of hydrogen-bond acceptors (Lipinski definition) is 3. The van der Waals surface area contributed by atoms with Crippen LogP contribution >= 0.6 is 12.4 Å². The standard InChI is InChI=1S/C15H22N4O2.ClH/c1-10-8-12(6-7-17-10)14(20)18-9-11-2-4-13(5-3-11)19-15(16)21;/h2-5,10,12,17H,6-9H2,1H3,(H,18,20)(H3,16,19,21);1H/t10-,12-;/m0./s1. The maximum Gasteiger partial charge on any atom is 0.316 e. The number of nitrogens with one attached hydrogen (secondary N) is 3. The van der Waals surface area contributed by atoms with Gasteiger partial charge < -0.3 is 21.7 Å². The molecule has 1 aromatic carbocycles. The summed E-state index contributed by atoms with van der Waals surface area (Å²) in [5, 5.41) is 8.81. The van der Waals surface area contributed by atoms with Crippen LogP contribution in [0.4, 0.5) is 10.5 Å². The second-order valence-electron chi connectivity index (χ2n) is 5.48. The van der Waals surface area contributed by atoms with Crippen LogP contribution in [-0.4, -0.2) is 24.5 Å². The van der Waals surface area contributed by atoms with Gasteiger partial charge in [0.15, 0.2) is 0 Å². The van der Waals surface area contributed by atoms with Gasteiger partial charge in [0.25, 0.3) is 0 Å². The summed E-state index contributed by atoms with van der Waals surface area (Å²) < 4.78 is 0. The van der Waals surface area contributed by atoms with E-state index in [0.29, 0.717) is 18.3 Å². The Hall–Kier alpha value is -1.79. The molecule has 0 spiro atoms. The van der Waals surface area contributed by atoms with Crippen molar-refractivity contribution in [3.8, 4) is 0 Å². The first-order valence-corrected chi connectivity index (χ1v) is 7.21. The van der Waals surface area contributed by atoms with E-state index in [-0.39, 0.29) is 24.2 Å². The van der Waals surface area contributed by atoms with Crippen LogP contribution in [0.15, 0.2) is 24.3 Å². The van der Waals surface area contributed by atoms with Crippen LogP contribution in [0.2, 0.25) is 0 Å². The van der Waals surface area contributed by atoms with Gasteiger partial charge in [-0.15, -0.1) is 12.4 Å². The zero-order valence-electron chi connectivity index (χ0n) is 12.6. The Morgan fingerprint density at radius 1 is 1.32 bits per heavy atom. The Morgan fingerprint density at radius 2 is 2.00 bits per heavy atom. The summed E-state index contributed by atoms with van der Waals surface area (Å²) in [6.07, 6.45) is 1.77. The van der Waals surface area contributed by atoms with E-state index >= 15 is 0 Å².